The first-order valence-electron chi connectivity index (χ1n) is 9.13. The van der Waals surface area contributed by atoms with E-state index in [4.69, 9.17) is 4.74 Å². The maximum Gasteiger partial charge on any atom is 0.266 e. The summed E-state index contributed by atoms with van der Waals surface area (Å²) in [7, 11) is 3.99. The van der Waals surface area contributed by atoms with Crippen molar-refractivity contribution in [3.05, 3.63) is 53.8 Å². The lowest BCUT2D eigenvalue weighted by molar-refractivity contribution is -0.120. The van der Waals surface area contributed by atoms with E-state index in [-0.39, 0.29) is 18.3 Å². The summed E-state index contributed by atoms with van der Waals surface area (Å²) < 4.78 is 19.9. The molecule has 7 heteroatoms. The largest absolute Gasteiger partial charge is 0.484 e. The Bertz CT molecular complexity index is 958. The molecule has 3 rings (SSSR count). The highest BCUT2D eigenvalue weighted by Crippen LogP contribution is 2.29. The molecule has 0 saturated carbocycles. The Morgan fingerprint density at radius 3 is 2.75 bits per heavy atom. The molecule has 0 fully saturated rings. The highest BCUT2D eigenvalue weighted by molar-refractivity contribution is 7.22. The first-order valence-corrected chi connectivity index (χ1v) is 9.94. The zero-order valence-electron chi connectivity index (χ0n) is 16.3. The maximum absolute atomic E-state index is 13.5. The van der Waals surface area contributed by atoms with E-state index in [1.807, 2.05) is 45.3 Å². The van der Waals surface area contributed by atoms with Gasteiger partial charge in [0.05, 0.1) is 10.2 Å². The predicted molar refractivity (Wildman–Crippen MR) is 112 cm³/mol. The molecule has 0 spiro atoms. The van der Waals surface area contributed by atoms with Crippen molar-refractivity contribution in [2.75, 3.05) is 38.7 Å². The third-order valence-corrected chi connectivity index (χ3v) is 5.25. The molecule has 1 aromatic heterocycles. The Labute approximate surface area is 168 Å². The predicted octanol–water partition coefficient (Wildman–Crippen LogP) is 4.11. The molecule has 0 aliphatic rings. The van der Waals surface area contributed by atoms with Crippen molar-refractivity contribution in [1.29, 1.82) is 0 Å². The molecular weight excluding hydrogens is 377 g/mol. The summed E-state index contributed by atoms with van der Waals surface area (Å²) in [5.74, 6) is 0.184. The van der Waals surface area contributed by atoms with Crippen LogP contribution in [0.4, 0.5) is 9.52 Å². The van der Waals surface area contributed by atoms with Gasteiger partial charge in [0.1, 0.15) is 11.6 Å². The zero-order valence-corrected chi connectivity index (χ0v) is 17.1. The topological polar surface area (TPSA) is 45.7 Å². The minimum atomic E-state index is -0.309. The molecule has 5 nitrogen and oxygen atoms in total. The van der Waals surface area contributed by atoms with Gasteiger partial charge in [-0.1, -0.05) is 23.5 Å². The van der Waals surface area contributed by atoms with E-state index in [9.17, 15) is 9.18 Å². The Balaban J connectivity index is 1.77. The van der Waals surface area contributed by atoms with Crippen molar-refractivity contribution < 1.29 is 13.9 Å². The number of carbonyl (C=O) groups excluding carboxylic acids is 1. The lowest BCUT2D eigenvalue weighted by Gasteiger charge is -2.21. The summed E-state index contributed by atoms with van der Waals surface area (Å²) in [6.45, 7) is 3.27. The summed E-state index contributed by atoms with van der Waals surface area (Å²) in [4.78, 5) is 21.1. The molecule has 3 aromatic rings. The van der Waals surface area contributed by atoms with Gasteiger partial charge < -0.3 is 9.64 Å². The number of aryl methyl sites for hydroxylation is 1. The van der Waals surface area contributed by atoms with E-state index >= 15 is 0 Å². The van der Waals surface area contributed by atoms with E-state index < -0.39 is 0 Å². The summed E-state index contributed by atoms with van der Waals surface area (Å²) in [6.07, 6.45) is 0.799. The molecule has 0 radical (unpaired) electrons. The van der Waals surface area contributed by atoms with Gasteiger partial charge in [0.25, 0.3) is 5.91 Å². The maximum atomic E-state index is 13.5. The SMILES string of the molecule is Cc1cccc(OCC(=O)N(CCCN(C)C)c2nc3ccc(F)cc3s2)c1. The van der Waals surface area contributed by atoms with E-state index in [1.54, 1.807) is 11.0 Å². The molecule has 1 heterocycles. The molecule has 2 aromatic carbocycles. The Kier molecular flexibility index (Phi) is 6.59. The molecule has 0 atom stereocenters. The molecule has 28 heavy (non-hydrogen) atoms. The van der Waals surface area contributed by atoms with Crippen molar-refractivity contribution in [2.45, 2.75) is 13.3 Å². The molecule has 0 aliphatic heterocycles. The smallest absolute Gasteiger partial charge is 0.266 e. The van der Waals surface area contributed by atoms with Crippen LogP contribution in [0.25, 0.3) is 10.2 Å². The normalized spacial score (nSPS) is 11.2. The Morgan fingerprint density at radius 2 is 2.00 bits per heavy atom. The summed E-state index contributed by atoms with van der Waals surface area (Å²) >= 11 is 1.32. The van der Waals surface area contributed by atoms with E-state index in [2.05, 4.69) is 9.88 Å². The number of nitrogens with zero attached hydrogens (tertiary/aromatic N) is 3. The Morgan fingerprint density at radius 1 is 1.18 bits per heavy atom. The lowest BCUT2D eigenvalue weighted by Crippen LogP contribution is -2.36. The van der Waals surface area contributed by atoms with E-state index in [0.29, 0.717) is 22.9 Å². The number of aromatic nitrogens is 1. The van der Waals surface area contributed by atoms with Gasteiger partial charge in [-0.05, 0) is 69.9 Å². The second-order valence-corrected chi connectivity index (χ2v) is 7.92. The van der Waals surface area contributed by atoms with Crippen LogP contribution in [0.5, 0.6) is 5.75 Å². The third kappa shape index (κ3) is 5.27. The average molecular weight is 402 g/mol. The van der Waals surface area contributed by atoms with Crippen LogP contribution in [-0.2, 0) is 4.79 Å². The fraction of sp³-hybridized carbons (Fsp3) is 0.333. The summed E-state index contributed by atoms with van der Waals surface area (Å²) in [6, 6.07) is 12.1. The number of halogens is 1. The first kappa shape index (κ1) is 20.2. The number of benzene rings is 2. The van der Waals surface area contributed by atoms with Crippen molar-refractivity contribution in [1.82, 2.24) is 9.88 Å². The summed E-state index contributed by atoms with van der Waals surface area (Å²) in [5.41, 5.74) is 1.76. The molecular formula is C21H24FN3O2S. The van der Waals surface area contributed by atoms with Gasteiger partial charge in [-0.15, -0.1) is 0 Å². The highest BCUT2D eigenvalue weighted by atomic mass is 32.1. The van der Waals surface area contributed by atoms with Gasteiger partial charge >= 0.3 is 0 Å². The minimum Gasteiger partial charge on any atom is -0.484 e. The van der Waals surface area contributed by atoms with Crippen molar-refractivity contribution in [3.63, 3.8) is 0 Å². The summed E-state index contributed by atoms with van der Waals surface area (Å²) in [5, 5.41) is 0.567. The fourth-order valence-corrected chi connectivity index (χ4v) is 3.84. The van der Waals surface area contributed by atoms with Crippen LogP contribution in [0, 0.1) is 12.7 Å². The molecule has 0 N–H and O–H groups in total. The zero-order chi connectivity index (χ0) is 20.1. The average Bonchev–Trinajstić information content (AvgIpc) is 3.05. The van der Waals surface area contributed by atoms with Crippen molar-refractivity contribution in [2.24, 2.45) is 0 Å². The number of thiazole rings is 1. The van der Waals surface area contributed by atoms with Gasteiger partial charge in [-0.25, -0.2) is 9.37 Å². The standard InChI is InChI=1S/C21H24FN3O2S/c1-15-6-4-7-17(12-15)27-14-20(26)25(11-5-10-24(2)3)21-23-18-9-8-16(22)13-19(18)28-21/h4,6-9,12-13H,5,10-11,14H2,1-3H3. The Hall–Kier alpha value is -2.51. The van der Waals surface area contributed by atoms with Crippen LogP contribution in [0.1, 0.15) is 12.0 Å². The van der Waals surface area contributed by atoms with Crippen LogP contribution in [-0.4, -0.2) is 49.6 Å². The lowest BCUT2D eigenvalue weighted by atomic mass is 10.2. The van der Waals surface area contributed by atoms with E-state index in [1.165, 1.54) is 23.5 Å². The molecule has 148 valence electrons. The highest BCUT2D eigenvalue weighted by Gasteiger charge is 2.20. The molecule has 0 aliphatic carbocycles. The van der Waals surface area contributed by atoms with Gasteiger partial charge in [-0.3, -0.25) is 9.69 Å². The molecule has 0 unspecified atom stereocenters. The molecule has 1 amide bonds. The number of rotatable bonds is 8. The van der Waals surface area contributed by atoms with Crippen LogP contribution in [0.2, 0.25) is 0 Å². The van der Waals surface area contributed by atoms with Gasteiger partial charge in [0.15, 0.2) is 11.7 Å². The number of fused-ring (bicyclic) bond motifs is 1. The van der Waals surface area contributed by atoms with Crippen LogP contribution in [0.15, 0.2) is 42.5 Å². The van der Waals surface area contributed by atoms with Crippen LogP contribution >= 0.6 is 11.3 Å². The second kappa shape index (κ2) is 9.12. The number of hydrogen-bond acceptors (Lipinski definition) is 5. The number of carbonyl (C=O) groups is 1. The van der Waals surface area contributed by atoms with Crippen LogP contribution < -0.4 is 9.64 Å². The molecule has 0 bridgehead atoms. The minimum absolute atomic E-state index is 0.0737. The van der Waals surface area contributed by atoms with E-state index in [0.717, 1.165) is 23.2 Å². The van der Waals surface area contributed by atoms with Gasteiger partial charge in [0.2, 0.25) is 0 Å². The third-order valence-electron chi connectivity index (χ3n) is 4.21. The van der Waals surface area contributed by atoms with Gasteiger partial charge in [0, 0.05) is 6.54 Å². The number of hydrogen-bond donors (Lipinski definition) is 0. The quantitative estimate of drug-likeness (QED) is 0.570. The number of ether oxygens (including phenoxy) is 1. The first-order chi connectivity index (χ1) is 13.4. The molecule has 0 saturated heterocycles. The van der Waals surface area contributed by atoms with Crippen molar-refractivity contribution >= 4 is 32.6 Å². The number of anilines is 1. The second-order valence-electron chi connectivity index (χ2n) is 6.92. The fourth-order valence-electron chi connectivity index (χ4n) is 2.80. The van der Waals surface area contributed by atoms with Gasteiger partial charge in [-0.2, -0.15) is 0 Å². The van der Waals surface area contributed by atoms with Crippen LogP contribution in [0.3, 0.4) is 0 Å². The monoisotopic (exact) mass is 401 g/mol. The number of amides is 1. The van der Waals surface area contributed by atoms with Crippen molar-refractivity contribution in [3.8, 4) is 5.75 Å².